The second kappa shape index (κ2) is 6.83. The third-order valence-electron chi connectivity index (χ3n) is 3.92. The molecular weight excluding hydrogens is 276 g/mol. The first-order chi connectivity index (χ1) is 9.60. The Morgan fingerprint density at radius 2 is 2.05 bits per heavy atom. The third-order valence-corrected chi connectivity index (χ3v) is 4.70. The molecule has 2 N–H and O–H groups in total. The van der Waals surface area contributed by atoms with E-state index in [1.807, 2.05) is 0 Å². The molecule has 2 rings (SSSR count). The van der Waals surface area contributed by atoms with Gasteiger partial charge in [0.25, 0.3) is 0 Å². The Labute approximate surface area is 122 Å². The summed E-state index contributed by atoms with van der Waals surface area (Å²) < 4.78 is 0. The molecule has 0 unspecified atom stereocenters. The van der Waals surface area contributed by atoms with Crippen LogP contribution in [0.15, 0.2) is 11.7 Å². The van der Waals surface area contributed by atoms with E-state index < -0.39 is 5.97 Å². The lowest BCUT2D eigenvalue weighted by atomic mass is 9.69. The lowest BCUT2D eigenvalue weighted by Gasteiger charge is -2.35. The van der Waals surface area contributed by atoms with Gasteiger partial charge in [-0.2, -0.15) is 0 Å². The normalized spacial score (nSPS) is 17.6. The monoisotopic (exact) mass is 296 g/mol. The zero-order valence-corrected chi connectivity index (χ0v) is 12.2. The number of carboxylic acids is 1. The highest BCUT2D eigenvalue weighted by Crippen LogP contribution is 2.42. The molecule has 0 spiro atoms. The summed E-state index contributed by atoms with van der Waals surface area (Å²) in [5.74, 6) is -0.858. The van der Waals surface area contributed by atoms with Crippen molar-refractivity contribution in [2.45, 2.75) is 51.5 Å². The Balaban J connectivity index is 1.89. The van der Waals surface area contributed by atoms with Gasteiger partial charge in [-0.3, -0.25) is 14.6 Å². The van der Waals surface area contributed by atoms with Crippen LogP contribution in [0, 0.1) is 5.41 Å². The molecule has 0 aromatic carbocycles. The van der Waals surface area contributed by atoms with Crippen LogP contribution in [-0.4, -0.2) is 22.0 Å². The van der Waals surface area contributed by atoms with Crippen molar-refractivity contribution >= 4 is 23.2 Å². The molecule has 0 atom stereocenters. The van der Waals surface area contributed by atoms with E-state index in [2.05, 4.69) is 10.3 Å². The van der Waals surface area contributed by atoms with Gasteiger partial charge in [0.05, 0.1) is 18.5 Å². The summed E-state index contributed by atoms with van der Waals surface area (Å²) in [5.41, 5.74) is 1.39. The highest BCUT2D eigenvalue weighted by atomic mass is 32.1. The van der Waals surface area contributed by atoms with Gasteiger partial charge in [-0.1, -0.05) is 19.3 Å². The van der Waals surface area contributed by atoms with Gasteiger partial charge >= 0.3 is 5.97 Å². The van der Waals surface area contributed by atoms with E-state index >= 15 is 0 Å². The summed E-state index contributed by atoms with van der Waals surface area (Å²) in [6.07, 6.45) is 7.02. The van der Waals surface area contributed by atoms with Crippen molar-refractivity contribution in [1.82, 2.24) is 10.3 Å². The molecule has 1 aromatic rings. The van der Waals surface area contributed by atoms with Crippen molar-refractivity contribution in [3.8, 4) is 0 Å². The second-order valence-electron chi connectivity index (χ2n) is 5.55. The number of carbonyl (C=O) groups excluding carboxylic acids is 1. The molecule has 5 nitrogen and oxygen atoms in total. The standard InChI is InChI=1S/C14H20N2O3S/c17-12(16-9-11-8-15-10-20-11)6-14(7-13(18)19)4-2-1-3-5-14/h8,10H,1-7,9H2,(H,16,17)(H,18,19). The predicted octanol–water partition coefficient (Wildman–Crippen LogP) is 2.57. The number of hydrogen-bond acceptors (Lipinski definition) is 4. The van der Waals surface area contributed by atoms with Gasteiger partial charge in [0.15, 0.2) is 0 Å². The van der Waals surface area contributed by atoms with Crippen LogP contribution in [-0.2, 0) is 16.1 Å². The fourth-order valence-corrected chi connectivity index (χ4v) is 3.49. The Morgan fingerprint density at radius 1 is 1.30 bits per heavy atom. The van der Waals surface area contributed by atoms with E-state index in [0.717, 1.165) is 37.0 Å². The van der Waals surface area contributed by atoms with Crippen LogP contribution in [0.1, 0.15) is 49.8 Å². The summed E-state index contributed by atoms with van der Waals surface area (Å²) in [7, 11) is 0. The average Bonchev–Trinajstić information content (AvgIpc) is 2.89. The molecule has 110 valence electrons. The minimum Gasteiger partial charge on any atom is -0.481 e. The molecule has 1 amide bonds. The Morgan fingerprint density at radius 3 is 2.65 bits per heavy atom. The van der Waals surface area contributed by atoms with E-state index in [-0.39, 0.29) is 17.7 Å². The van der Waals surface area contributed by atoms with Crippen LogP contribution in [0.3, 0.4) is 0 Å². The molecule has 1 aromatic heterocycles. The maximum atomic E-state index is 12.1. The van der Waals surface area contributed by atoms with Gasteiger partial charge in [-0.25, -0.2) is 0 Å². The third kappa shape index (κ3) is 4.30. The first-order valence-corrected chi connectivity index (χ1v) is 7.83. The molecule has 1 aliphatic rings. The molecule has 1 fully saturated rings. The highest BCUT2D eigenvalue weighted by Gasteiger charge is 2.36. The van der Waals surface area contributed by atoms with E-state index in [9.17, 15) is 9.59 Å². The molecule has 0 aliphatic heterocycles. The summed E-state index contributed by atoms with van der Waals surface area (Å²) in [5, 5.41) is 12.0. The Hall–Kier alpha value is -1.43. The minimum absolute atomic E-state index is 0.0541. The van der Waals surface area contributed by atoms with E-state index in [4.69, 9.17) is 5.11 Å². The zero-order valence-electron chi connectivity index (χ0n) is 11.4. The maximum Gasteiger partial charge on any atom is 0.303 e. The Bertz CT molecular complexity index is 453. The fourth-order valence-electron chi connectivity index (χ4n) is 2.96. The van der Waals surface area contributed by atoms with Crippen molar-refractivity contribution in [3.05, 3.63) is 16.6 Å². The average molecular weight is 296 g/mol. The van der Waals surface area contributed by atoms with Gasteiger partial charge in [0.1, 0.15) is 0 Å². The molecule has 0 bridgehead atoms. The van der Waals surface area contributed by atoms with Crippen LogP contribution in [0.5, 0.6) is 0 Å². The number of nitrogens with one attached hydrogen (secondary N) is 1. The van der Waals surface area contributed by atoms with Crippen LogP contribution in [0.2, 0.25) is 0 Å². The molecular formula is C14H20N2O3S. The van der Waals surface area contributed by atoms with Gasteiger partial charge in [-0.05, 0) is 18.3 Å². The topological polar surface area (TPSA) is 79.3 Å². The summed E-state index contributed by atoms with van der Waals surface area (Å²) in [4.78, 5) is 28.1. The highest BCUT2D eigenvalue weighted by molar-refractivity contribution is 7.09. The number of rotatable bonds is 6. The zero-order chi connectivity index (χ0) is 14.4. The first-order valence-electron chi connectivity index (χ1n) is 6.96. The van der Waals surface area contributed by atoms with Gasteiger partial charge in [0, 0.05) is 17.5 Å². The van der Waals surface area contributed by atoms with Gasteiger partial charge < -0.3 is 10.4 Å². The van der Waals surface area contributed by atoms with Crippen LogP contribution in [0.25, 0.3) is 0 Å². The smallest absolute Gasteiger partial charge is 0.303 e. The van der Waals surface area contributed by atoms with E-state index in [1.165, 1.54) is 11.3 Å². The molecule has 1 saturated carbocycles. The molecule has 1 heterocycles. The number of carbonyl (C=O) groups is 2. The number of thiazole rings is 1. The second-order valence-corrected chi connectivity index (χ2v) is 6.52. The van der Waals surface area contributed by atoms with Crippen LogP contribution in [0.4, 0.5) is 0 Å². The minimum atomic E-state index is -0.804. The molecule has 6 heteroatoms. The van der Waals surface area contributed by atoms with Crippen LogP contribution < -0.4 is 5.32 Å². The number of aromatic nitrogens is 1. The molecule has 0 saturated heterocycles. The van der Waals surface area contributed by atoms with Crippen molar-refractivity contribution in [2.24, 2.45) is 5.41 Å². The predicted molar refractivity (Wildman–Crippen MR) is 76.3 cm³/mol. The van der Waals surface area contributed by atoms with Crippen LogP contribution >= 0.6 is 11.3 Å². The molecule has 0 radical (unpaired) electrons. The summed E-state index contributed by atoms with van der Waals surface area (Å²) in [6.45, 7) is 0.479. The maximum absolute atomic E-state index is 12.1. The first kappa shape index (κ1) is 15.0. The van der Waals surface area contributed by atoms with Crippen molar-refractivity contribution < 1.29 is 14.7 Å². The largest absolute Gasteiger partial charge is 0.481 e. The van der Waals surface area contributed by atoms with Gasteiger partial charge in [-0.15, -0.1) is 11.3 Å². The van der Waals surface area contributed by atoms with E-state index in [0.29, 0.717) is 13.0 Å². The number of nitrogens with zero attached hydrogens (tertiary/aromatic N) is 1. The number of hydrogen-bond donors (Lipinski definition) is 2. The lowest BCUT2D eigenvalue weighted by molar-refractivity contribution is -0.141. The fraction of sp³-hybridized carbons (Fsp3) is 0.643. The summed E-state index contributed by atoms with van der Waals surface area (Å²) in [6, 6.07) is 0. The van der Waals surface area contributed by atoms with E-state index in [1.54, 1.807) is 11.7 Å². The Kier molecular flexibility index (Phi) is 5.11. The van der Waals surface area contributed by atoms with Crippen molar-refractivity contribution in [2.75, 3.05) is 0 Å². The van der Waals surface area contributed by atoms with Crippen molar-refractivity contribution in [3.63, 3.8) is 0 Å². The SMILES string of the molecule is O=C(O)CC1(CC(=O)NCc2cncs2)CCCCC1. The van der Waals surface area contributed by atoms with Crippen molar-refractivity contribution in [1.29, 1.82) is 0 Å². The molecule has 20 heavy (non-hydrogen) atoms. The number of aliphatic carboxylic acids is 1. The lowest BCUT2D eigenvalue weighted by Crippen LogP contribution is -2.34. The summed E-state index contributed by atoms with van der Waals surface area (Å²) >= 11 is 1.50. The quantitative estimate of drug-likeness (QED) is 0.845. The number of carboxylic acid groups (broad SMARTS) is 1. The molecule has 1 aliphatic carbocycles. The number of amides is 1. The van der Waals surface area contributed by atoms with Gasteiger partial charge in [0.2, 0.25) is 5.91 Å².